The van der Waals surface area contributed by atoms with Gasteiger partial charge in [-0.15, -0.1) is 0 Å². The Kier molecular flexibility index (Phi) is 12.9. The van der Waals surface area contributed by atoms with E-state index < -0.39 is 139 Å². The zero-order valence-corrected chi connectivity index (χ0v) is 24.6. The van der Waals surface area contributed by atoms with E-state index in [1.165, 1.54) is 0 Å². The van der Waals surface area contributed by atoms with Crippen molar-refractivity contribution in [3.63, 3.8) is 0 Å². The third-order valence-electron chi connectivity index (χ3n) is 6.91. The van der Waals surface area contributed by atoms with Gasteiger partial charge in [0.25, 0.3) is 0 Å². The lowest BCUT2D eigenvalue weighted by Gasteiger charge is -2.49. The predicted octanol–water partition coefficient (Wildman–Crippen LogP) is -7.78. The summed E-state index contributed by atoms with van der Waals surface area (Å²) in [6, 6.07) is -1.86. The van der Waals surface area contributed by atoms with E-state index in [9.17, 15) is 71.6 Å². The minimum atomic E-state index is -5.48. The first-order chi connectivity index (χ1) is 20.8. The molecule has 3 fully saturated rings. The topological polar surface area (TPSA) is 364 Å². The monoisotopic (exact) mass is 705 g/mol. The molecule has 45 heavy (non-hydrogen) atoms. The summed E-state index contributed by atoms with van der Waals surface area (Å²) < 4.78 is 101. The highest BCUT2D eigenvalue weighted by Crippen LogP contribution is 2.34. The quantitative estimate of drug-likeness (QED) is 0.0840. The van der Waals surface area contributed by atoms with Gasteiger partial charge in [-0.05, 0) is 0 Å². The molecule has 15 atom stereocenters. The van der Waals surface area contributed by atoms with E-state index in [0.717, 1.165) is 6.92 Å². The zero-order chi connectivity index (χ0) is 34.0. The van der Waals surface area contributed by atoms with Crippen LogP contribution in [0, 0.1) is 0 Å². The van der Waals surface area contributed by atoms with Gasteiger partial charge in [0.1, 0.15) is 67.1 Å². The normalized spacial score (nSPS) is 43.1. The number of nitrogens with one attached hydrogen (secondary N) is 1. The molecule has 0 aromatic heterocycles. The van der Waals surface area contributed by atoms with Crippen LogP contribution in [0.4, 0.5) is 0 Å². The van der Waals surface area contributed by atoms with Gasteiger partial charge in [-0.2, -0.15) is 16.8 Å². The van der Waals surface area contributed by atoms with Crippen LogP contribution in [0.25, 0.3) is 0 Å². The fraction of sp³-hybridized carbons (Fsp3) is 0.950. The molecule has 0 saturated carbocycles. The molecular formula is C20H35NO22S2. The SMILES string of the molecule is CC(=O)N[C@H]1C(O[C@@H]2[C@H](O)[C@@H](OS(=O)(=O)O)C(O[C@H]3[C@H](O)[C@@H](O)C(O)O[C@@H]3CO)O[C@@H]2CO)O[C@H](CO)[C@H](O)[C@H]1OS(=O)(=O)O. The Balaban J connectivity index is 1.97. The fourth-order valence-corrected chi connectivity index (χ4v) is 5.93. The van der Waals surface area contributed by atoms with Gasteiger partial charge in [0.2, 0.25) is 5.91 Å². The predicted molar refractivity (Wildman–Crippen MR) is 134 cm³/mol. The standard InChI is InChI=1S/C20H35NO22S2/c1-5(25)21-9-16(42-44(31,32)33)10(26)6(2-22)38-19(9)40-15-8(4-24)39-20(17(13(15)29)43-45(34,35)36)41-14-7(3-23)37-18(30)12(28)11(14)27/h6-20,22-24,26-30H,2-4H2,1H3,(H,21,25)(H,31,32,33)(H,34,35,36)/t6-,7-,8-,9-,10+,11-,12-,13+,14-,15+,16+,17-,18?,19?,20?/m1/s1. The first kappa shape index (κ1) is 38.1. The number of carbonyl (C=O) groups is 1. The summed E-state index contributed by atoms with van der Waals surface area (Å²) >= 11 is 0. The molecule has 3 unspecified atom stereocenters. The minimum Gasteiger partial charge on any atom is -0.394 e. The highest BCUT2D eigenvalue weighted by atomic mass is 32.3. The van der Waals surface area contributed by atoms with Gasteiger partial charge in [0.05, 0.1) is 19.8 Å². The van der Waals surface area contributed by atoms with Crippen LogP contribution in [-0.4, -0.2) is 185 Å². The Bertz CT molecular complexity index is 1200. The van der Waals surface area contributed by atoms with Crippen LogP contribution < -0.4 is 5.32 Å². The van der Waals surface area contributed by atoms with E-state index in [1.54, 1.807) is 0 Å². The molecule has 0 radical (unpaired) electrons. The lowest BCUT2D eigenvalue weighted by atomic mass is 9.95. The zero-order valence-electron chi connectivity index (χ0n) is 23.0. The van der Waals surface area contributed by atoms with Gasteiger partial charge in [-0.25, -0.2) is 8.37 Å². The summed E-state index contributed by atoms with van der Waals surface area (Å²) in [7, 11) is -10.8. The van der Waals surface area contributed by atoms with E-state index in [0.29, 0.717) is 0 Å². The molecule has 3 saturated heterocycles. The van der Waals surface area contributed by atoms with Crippen molar-refractivity contribution >= 4 is 26.7 Å². The Labute approximate surface area is 254 Å². The van der Waals surface area contributed by atoms with E-state index in [-0.39, 0.29) is 0 Å². The molecule has 0 aromatic rings. The second kappa shape index (κ2) is 15.3. The van der Waals surface area contributed by atoms with Crippen molar-refractivity contribution in [1.29, 1.82) is 0 Å². The van der Waals surface area contributed by atoms with E-state index >= 15 is 0 Å². The van der Waals surface area contributed by atoms with Gasteiger partial charge in [0, 0.05) is 6.92 Å². The number of aliphatic hydroxyl groups excluding tert-OH is 8. The lowest BCUT2D eigenvalue weighted by molar-refractivity contribution is -0.368. The summed E-state index contributed by atoms with van der Waals surface area (Å²) in [5.41, 5.74) is 0. The summed E-state index contributed by atoms with van der Waals surface area (Å²) in [5.74, 6) is -0.907. The smallest absolute Gasteiger partial charge is 0.394 e. The Morgan fingerprint density at radius 1 is 0.644 bits per heavy atom. The van der Waals surface area contributed by atoms with Crippen molar-refractivity contribution < 1.29 is 104 Å². The molecule has 1 amide bonds. The van der Waals surface area contributed by atoms with Crippen molar-refractivity contribution in [3.8, 4) is 0 Å². The average molecular weight is 706 g/mol. The third-order valence-corrected chi connectivity index (χ3v) is 7.84. The molecule has 11 N–H and O–H groups in total. The summed E-state index contributed by atoms with van der Waals surface area (Å²) in [6.07, 6.45) is -28.1. The van der Waals surface area contributed by atoms with Gasteiger partial charge >= 0.3 is 20.8 Å². The van der Waals surface area contributed by atoms with Crippen molar-refractivity contribution in [3.05, 3.63) is 0 Å². The largest absolute Gasteiger partial charge is 0.397 e. The number of amides is 1. The maximum Gasteiger partial charge on any atom is 0.397 e. The number of carbonyl (C=O) groups excluding carboxylic acids is 1. The molecule has 0 spiro atoms. The summed E-state index contributed by atoms with van der Waals surface area (Å²) in [4.78, 5) is 11.9. The van der Waals surface area contributed by atoms with Crippen LogP contribution >= 0.6 is 0 Å². The van der Waals surface area contributed by atoms with Crippen molar-refractivity contribution in [2.75, 3.05) is 19.8 Å². The lowest BCUT2D eigenvalue weighted by Crippen LogP contribution is -2.69. The van der Waals surface area contributed by atoms with Crippen molar-refractivity contribution in [2.45, 2.75) is 99.0 Å². The van der Waals surface area contributed by atoms with Crippen LogP contribution in [0.3, 0.4) is 0 Å². The average Bonchev–Trinajstić information content (AvgIpc) is 2.93. The minimum absolute atomic E-state index is 0.907. The Morgan fingerprint density at radius 3 is 1.62 bits per heavy atom. The molecular weight excluding hydrogens is 670 g/mol. The van der Waals surface area contributed by atoms with Crippen molar-refractivity contribution in [1.82, 2.24) is 5.32 Å². The van der Waals surface area contributed by atoms with E-state index in [2.05, 4.69) is 13.7 Å². The fourth-order valence-electron chi connectivity index (χ4n) is 4.93. The molecule has 0 aliphatic carbocycles. The highest BCUT2D eigenvalue weighted by Gasteiger charge is 2.56. The number of hydrogen-bond donors (Lipinski definition) is 11. The molecule has 0 bridgehead atoms. The molecule has 3 aliphatic heterocycles. The first-order valence-corrected chi connectivity index (χ1v) is 15.6. The number of hydrogen-bond acceptors (Lipinski definition) is 20. The van der Waals surface area contributed by atoms with E-state index in [1.807, 2.05) is 0 Å². The Hall–Kier alpha value is -1.31. The van der Waals surface area contributed by atoms with Gasteiger partial charge in [-0.1, -0.05) is 0 Å². The molecule has 3 rings (SSSR count). The highest BCUT2D eigenvalue weighted by molar-refractivity contribution is 7.81. The van der Waals surface area contributed by atoms with Crippen LogP contribution in [0.15, 0.2) is 0 Å². The van der Waals surface area contributed by atoms with Gasteiger partial charge < -0.3 is 69.9 Å². The van der Waals surface area contributed by atoms with Crippen LogP contribution in [0.1, 0.15) is 6.92 Å². The van der Waals surface area contributed by atoms with Crippen LogP contribution in [-0.2, 0) is 57.6 Å². The molecule has 3 heterocycles. The van der Waals surface area contributed by atoms with E-state index in [4.69, 9.17) is 23.7 Å². The molecule has 23 nitrogen and oxygen atoms in total. The second-order valence-corrected chi connectivity index (χ2v) is 12.2. The van der Waals surface area contributed by atoms with Crippen LogP contribution in [0.2, 0.25) is 0 Å². The molecule has 264 valence electrons. The summed E-state index contributed by atoms with van der Waals surface area (Å²) in [5, 5.41) is 83.2. The van der Waals surface area contributed by atoms with Crippen LogP contribution in [0.5, 0.6) is 0 Å². The number of rotatable bonds is 12. The van der Waals surface area contributed by atoms with Gasteiger partial charge in [-0.3, -0.25) is 13.9 Å². The Morgan fingerprint density at radius 2 is 1.11 bits per heavy atom. The third kappa shape index (κ3) is 9.41. The maximum atomic E-state index is 11.9. The maximum absolute atomic E-state index is 11.9. The number of aliphatic hydroxyl groups is 8. The molecule has 25 heteroatoms. The van der Waals surface area contributed by atoms with Gasteiger partial charge in [0.15, 0.2) is 25.0 Å². The molecule has 0 aromatic carbocycles. The second-order valence-electron chi connectivity index (χ2n) is 10.1. The molecule has 3 aliphatic rings. The van der Waals surface area contributed by atoms with Crippen molar-refractivity contribution in [2.24, 2.45) is 0 Å². The summed E-state index contributed by atoms with van der Waals surface area (Å²) in [6.45, 7) is -2.15. The first-order valence-electron chi connectivity index (χ1n) is 12.9. The number of ether oxygens (including phenoxy) is 5.